The molecule has 2 heteroatoms. The molecule has 0 spiro atoms. The van der Waals surface area contributed by atoms with Gasteiger partial charge in [0.2, 0.25) is 0 Å². The molecule has 1 aromatic rings. The molecule has 2 bridgehead atoms. The Balaban J connectivity index is 1.74. The first-order valence-corrected chi connectivity index (χ1v) is 8.35. The monoisotopic (exact) mass is 276 g/mol. The Kier molecular flexibility index (Phi) is 3.22. The second-order valence-corrected chi connectivity index (χ2v) is 8.16. The SMILES string of the molecule is CC1(C)[C@H]2CC[C@@]1(C)[C@H](O)[C@@H]2SCc1ccccc1. The van der Waals surface area contributed by atoms with Crippen molar-refractivity contribution in [1.29, 1.82) is 0 Å². The van der Waals surface area contributed by atoms with Crippen LogP contribution in [0.2, 0.25) is 0 Å². The molecule has 3 rings (SSSR count). The standard InChI is InChI=1S/C17H24OS/c1-16(2)13-9-10-17(16,3)15(18)14(13)19-11-12-7-5-4-6-8-12/h4-8,13-15,18H,9-11H2,1-3H3/t13-,14+,15+,17-/m0/s1. The second-order valence-electron chi connectivity index (χ2n) is 6.99. The topological polar surface area (TPSA) is 20.2 Å². The third-order valence-electron chi connectivity index (χ3n) is 6.02. The van der Waals surface area contributed by atoms with Gasteiger partial charge in [0, 0.05) is 11.0 Å². The van der Waals surface area contributed by atoms with Crippen LogP contribution in [0.5, 0.6) is 0 Å². The lowest BCUT2D eigenvalue weighted by Crippen LogP contribution is -2.38. The summed E-state index contributed by atoms with van der Waals surface area (Å²) in [6, 6.07) is 10.6. The Morgan fingerprint density at radius 1 is 1.21 bits per heavy atom. The highest BCUT2D eigenvalue weighted by atomic mass is 32.2. The molecule has 104 valence electrons. The molecule has 2 fully saturated rings. The van der Waals surface area contributed by atoms with Crippen LogP contribution in [-0.2, 0) is 5.75 Å². The molecule has 0 amide bonds. The Hall–Kier alpha value is -0.470. The highest BCUT2D eigenvalue weighted by molar-refractivity contribution is 7.99. The first-order valence-electron chi connectivity index (χ1n) is 7.30. The van der Waals surface area contributed by atoms with E-state index in [-0.39, 0.29) is 16.9 Å². The summed E-state index contributed by atoms with van der Waals surface area (Å²) in [7, 11) is 0. The van der Waals surface area contributed by atoms with E-state index in [1.165, 1.54) is 18.4 Å². The summed E-state index contributed by atoms with van der Waals surface area (Å²) in [5, 5.41) is 11.1. The van der Waals surface area contributed by atoms with Crippen LogP contribution in [0, 0.1) is 16.7 Å². The largest absolute Gasteiger partial charge is 0.391 e. The van der Waals surface area contributed by atoms with Gasteiger partial charge in [-0.2, -0.15) is 11.8 Å². The molecular formula is C17H24OS. The van der Waals surface area contributed by atoms with Crippen LogP contribution >= 0.6 is 11.8 Å². The molecular weight excluding hydrogens is 252 g/mol. The molecule has 4 atom stereocenters. The number of aliphatic hydroxyl groups is 1. The molecule has 19 heavy (non-hydrogen) atoms. The predicted octanol–water partition coefficient (Wildman–Crippen LogP) is 4.11. The molecule has 1 nitrogen and oxygen atoms in total. The van der Waals surface area contributed by atoms with Gasteiger partial charge in [0.1, 0.15) is 0 Å². The van der Waals surface area contributed by atoms with E-state index in [2.05, 4.69) is 51.1 Å². The van der Waals surface area contributed by atoms with Crippen LogP contribution in [0.25, 0.3) is 0 Å². The highest BCUT2D eigenvalue weighted by Crippen LogP contribution is 2.67. The third kappa shape index (κ3) is 1.87. The molecule has 0 aliphatic heterocycles. The number of aliphatic hydroxyl groups excluding tert-OH is 1. The van der Waals surface area contributed by atoms with Crippen molar-refractivity contribution in [2.45, 2.75) is 50.7 Å². The summed E-state index contributed by atoms with van der Waals surface area (Å²) in [6.45, 7) is 7.01. The van der Waals surface area contributed by atoms with E-state index in [0.29, 0.717) is 11.2 Å². The van der Waals surface area contributed by atoms with E-state index < -0.39 is 0 Å². The molecule has 2 saturated carbocycles. The first kappa shape index (κ1) is 13.5. The van der Waals surface area contributed by atoms with Gasteiger partial charge >= 0.3 is 0 Å². The second kappa shape index (κ2) is 4.53. The average Bonchev–Trinajstić information content (AvgIpc) is 2.70. The summed E-state index contributed by atoms with van der Waals surface area (Å²) in [4.78, 5) is 0. The molecule has 0 radical (unpaired) electrons. The lowest BCUT2D eigenvalue weighted by molar-refractivity contribution is 0.0148. The Bertz CT molecular complexity index is 456. The zero-order chi connectivity index (χ0) is 13.7. The number of fused-ring (bicyclic) bond motifs is 2. The first-order chi connectivity index (χ1) is 8.97. The number of rotatable bonds is 3. The zero-order valence-electron chi connectivity index (χ0n) is 12.1. The van der Waals surface area contributed by atoms with Gasteiger partial charge < -0.3 is 5.11 Å². The number of hydrogen-bond donors (Lipinski definition) is 1. The van der Waals surface area contributed by atoms with E-state index in [9.17, 15) is 5.11 Å². The normalized spacial score (nSPS) is 39.7. The third-order valence-corrected chi connectivity index (χ3v) is 7.49. The summed E-state index contributed by atoms with van der Waals surface area (Å²) in [5.41, 5.74) is 1.76. The Labute approximate surface area is 120 Å². The van der Waals surface area contributed by atoms with Crippen molar-refractivity contribution < 1.29 is 5.11 Å². The molecule has 2 aliphatic rings. The molecule has 0 heterocycles. The van der Waals surface area contributed by atoms with Gasteiger partial charge in [-0.3, -0.25) is 0 Å². The molecule has 0 unspecified atom stereocenters. The van der Waals surface area contributed by atoms with Gasteiger partial charge in [-0.15, -0.1) is 0 Å². The van der Waals surface area contributed by atoms with E-state index >= 15 is 0 Å². The molecule has 0 saturated heterocycles. The van der Waals surface area contributed by atoms with Crippen LogP contribution in [0.4, 0.5) is 0 Å². The fourth-order valence-corrected chi connectivity index (χ4v) is 5.99. The van der Waals surface area contributed by atoms with Gasteiger partial charge in [0.05, 0.1) is 6.10 Å². The summed E-state index contributed by atoms with van der Waals surface area (Å²) in [6.07, 6.45) is 2.33. The lowest BCUT2D eigenvalue weighted by atomic mass is 9.70. The van der Waals surface area contributed by atoms with E-state index in [0.717, 1.165) is 5.75 Å². The van der Waals surface area contributed by atoms with Crippen LogP contribution in [0.1, 0.15) is 39.2 Å². The van der Waals surface area contributed by atoms with Crippen molar-refractivity contribution in [1.82, 2.24) is 0 Å². The van der Waals surface area contributed by atoms with Gasteiger partial charge in [-0.05, 0) is 35.2 Å². The number of benzene rings is 1. The average molecular weight is 276 g/mol. The minimum absolute atomic E-state index is 0.117. The number of thioether (sulfide) groups is 1. The van der Waals surface area contributed by atoms with Gasteiger partial charge in [-0.25, -0.2) is 0 Å². The summed E-state index contributed by atoms with van der Waals surface area (Å²) in [5.74, 6) is 1.69. The van der Waals surface area contributed by atoms with Gasteiger partial charge in [0.25, 0.3) is 0 Å². The quantitative estimate of drug-likeness (QED) is 0.896. The van der Waals surface area contributed by atoms with Crippen LogP contribution in [0.3, 0.4) is 0 Å². The van der Waals surface area contributed by atoms with Crippen molar-refractivity contribution in [3.63, 3.8) is 0 Å². The van der Waals surface area contributed by atoms with E-state index in [1.54, 1.807) is 0 Å². The van der Waals surface area contributed by atoms with Crippen molar-refractivity contribution in [3.05, 3.63) is 35.9 Å². The van der Waals surface area contributed by atoms with Crippen LogP contribution in [0.15, 0.2) is 30.3 Å². The maximum absolute atomic E-state index is 10.7. The fourth-order valence-electron chi connectivity index (χ4n) is 4.22. The highest BCUT2D eigenvalue weighted by Gasteiger charge is 2.65. The van der Waals surface area contributed by atoms with Gasteiger partial charge in [0.15, 0.2) is 0 Å². The zero-order valence-corrected chi connectivity index (χ0v) is 12.9. The van der Waals surface area contributed by atoms with Crippen LogP contribution in [-0.4, -0.2) is 16.5 Å². The molecule has 1 N–H and O–H groups in total. The van der Waals surface area contributed by atoms with E-state index in [4.69, 9.17) is 0 Å². The van der Waals surface area contributed by atoms with Crippen molar-refractivity contribution in [2.75, 3.05) is 0 Å². The van der Waals surface area contributed by atoms with Gasteiger partial charge in [-0.1, -0.05) is 51.1 Å². The Morgan fingerprint density at radius 3 is 2.47 bits per heavy atom. The minimum atomic E-state index is -0.144. The number of hydrogen-bond acceptors (Lipinski definition) is 2. The predicted molar refractivity (Wildman–Crippen MR) is 82.1 cm³/mol. The molecule has 1 aromatic carbocycles. The van der Waals surface area contributed by atoms with Crippen molar-refractivity contribution in [2.24, 2.45) is 16.7 Å². The Morgan fingerprint density at radius 2 is 1.89 bits per heavy atom. The summed E-state index contributed by atoms with van der Waals surface area (Å²) < 4.78 is 0. The van der Waals surface area contributed by atoms with Crippen LogP contribution < -0.4 is 0 Å². The summed E-state index contributed by atoms with van der Waals surface area (Å²) >= 11 is 1.96. The molecule has 2 aliphatic carbocycles. The van der Waals surface area contributed by atoms with E-state index in [1.807, 2.05) is 11.8 Å². The minimum Gasteiger partial charge on any atom is -0.391 e. The van der Waals surface area contributed by atoms with Crippen molar-refractivity contribution >= 4 is 11.8 Å². The maximum Gasteiger partial charge on any atom is 0.0720 e. The fraction of sp³-hybridized carbons (Fsp3) is 0.647. The molecule has 0 aromatic heterocycles. The van der Waals surface area contributed by atoms with Crippen molar-refractivity contribution in [3.8, 4) is 0 Å². The maximum atomic E-state index is 10.7. The smallest absolute Gasteiger partial charge is 0.0720 e. The lowest BCUT2D eigenvalue weighted by Gasteiger charge is -2.37.